The second-order valence-electron chi connectivity index (χ2n) is 3.69. The van der Waals surface area contributed by atoms with E-state index >= 15 is 0 Å². The molecule has 0 heterocycles. The van der Waals surface area contributed by atoms with Crippen molar-refractivity contribution in [2.24, 2.45) is 5.73 Å². The summed E-state index contributed by atoms with van der Waals surface area (Å²) >= 11 is 0. The highest BCUT2D eigenvalue weighted by Gasteiger charge is 2.17. The average Bonchev–Trinajstić information content (AvgIpc) is 2.37. The number of nitrogens with zero attached hydrogens (tertiary/aromatic N) is 1. The first kappa shape index (κ1) is 14.0. The molecule has 0 radical (unpaired) electrons. The van der Waals surface area contributed by atoms with Crippen molar-refractivity contribution in [3.05, 3.63) is 30.3 Å². The topological polar surface area (TPSA) is 95.7 Å². The third-order valence-electron chi connectivity index (χ3n) is 2.26. The van der Waals surface area contributed by atoms with E-state index in [2.05, 4.69) is 5.32 Å². The summed E-state index contributed by atoms with van der Waals surface area (Å²) in [6, 6.07) is 8.23. The molecule has 18 heavy (non-hydrogen) atoms. The molecule has 0 unspecified atom stereocenters. The lowest BCUT2D eigenvalue weighted by molar-refractivity contribution is -0.135. The number of carboxylic acids is 1. The maximum absolute atomic E-state index is 11.9. The van der Waals surface area contributed by atoms with Crippen molar-refractivity contribution in [3.8, 4) is 0 Å². The standard InChI is InChI=1S/C12H17N3O3/c13-7-4-8-14-12(18)15(9-11(16)17)10-5-2-1-3-6-10/h1-3,5-6H,4,7-9,13H2,(H,14,18)(H,16,17). The van der Waals surface area contributed by atoms with Gasteiger partial charge in [0.05, 0.1) is 0 Å². The van der Waals surface area contributed by atoms with Crippen LogP contribution in [0, 0.1) is 0 Å². The zero-order valence-electron chi connectivity index (χ0n) is 10.0. The molecule has 1 aromatic carbocycles. The Balaban J connectivity index is 2.72. The van der Waals surface area contributed by atoms with Gasteiger partial charge in [0.15, 0.2) is 0 Å². The van der Waals surface area contributed by atoms with Gasteiger partial charge in [-0.25, -0.2) is 4.79 Å². The number of nitrogens with one attached hydrogen (secondary N) is 1. The van der Waals surface area contributed by atoms with Gasteiger partial charge in [0.25, 0.3) is 0 Å². The Morgan fingerprint density at radius 2 is 1.94 bits per heavy atom. The van der Waals surface area contributed by atoms with Crippen LogP contribution in [0.2, 0.25) is 0 Å². The first-order valence-corrected chi connectivity index (χ1v) is 5.67. The molecular formula is C12H17N3O3. The number of anilines is 1. The van der Waals surface area contributed by atoms with Crippen LogP contribution in [0.4, 0.5) is 10.5 Å². The number of amides is 2. The van der Waals surface area contributed by atoms with Crippen LogP contribution in [0.1, 0.15) is 6.42 Å². The predicted molar refractivity (Wildman–Crippen MR) is 68.5 cm³/mol. The van der Waals surface area contributed by atoms with Crippen LogP contribution in [0.15, 0.2) is 30.3 Å². The molecule has 6 heteroatoms. The minimum Gasteiger partial charge on any atom is -0.480 e. The number of carbonyl (C=O) groups excluding carboxylic acids is 1. The summed E-state index contributed by atoms with van der Waals surface area (Å²) in [5.74, 6) is -1.06. The molecule has 0 atom stereocenters. The largest absolute Gasteiger partial charge is 0.480 e. The summed E-state index contributed by atoms with van der Waals surface area (Å²) in [6.45, 7) is 0.529. The zero-order valence-corrected chi connectivity index (χ0v) is 10.0. The first-order valence-electron chi connectivity index (χ1n) is 5.67. The van der Waals surface area contributed by atoms with Crippen molar-refractivity contribution < 1.29 is 14.7 Å². The maximum Gasteiger partial charge on any atom is 0.323 e. The lowest BCUT2D eigenvalue weighted by Gasteiger charge is -2.21. The van der Waals surface area contributed by atoms with Crippen molar-refractivity contribution in [1.82, 2.24) is 5.32 Å². The molecule has 0 aromatic heterocycles. The molecule has 1 aromatic rings. The van der Waals surface area contributed by atoms with Gasteiger partial charge in [-0.05, 0) is 25.1 Å². The van der Waals surface area contributed by atoms with Gasteiger partial charge in [0, 0.05) is 12.2 Å². The first-order chi connectivity index (χ1) is 8.65. The van der Waals surface area contributed by atoms with Gasteiger partial charge >= 0.3 is 12.0 Å². The summed E-state index contributed by atoms with van der Waals surface area (Å²) < 4.78 is 0. The second-order valence-corrected chi connectivity index (χ2v) is 3.69. The predicted octanol–water partition coefficient (Wildman–Crippen LogP) is 0.636. The lowest BCUT2D eigenvalue weighted by atomic mass is 10.3. The Labute approximate surface area is 105 Å². The summed E-state index contributed by atoms with van der Waals surface area (Å²) in [5, 5.41) is 11.5. The van der Waals surface area contributed by atoms with Crippen LogP contribution >= 0.6 is 0 Å². The molecule has 1 rings (SSSR count). The van der Waals surface area contributed by atoms with Crippen molar-refractivity contribution >= 4 is 17.7 Å². The van der Waals surface area contributed by atoms with Gasteiger partial charge in [-0.15, -0.1) is 0 Å². The number of benzene rings is 1. The normalized spacial score (nSPS) is 9.83. The fraction of sp³-hybridized carbons (Fsp3) is 0.333. The molecule has 0 spiro atoms. The number of urea groups is 1. The van der Waals surface area contributed by atoms with Crippen LogP contribution in [0.3, 0.4) is 0 Å². The molecule has 2 amide bonds. The summed E-state index contributed by atoms with van der Waals surface area (Å²) in [6.07, 6.45) is 0.654. The number of nitrogens with two attached hydrogens (primary N) is 1. The monoisotopic (exact) mass is 251 g/mol. The molecule has 0 aliphatic carbocycles. The third-order valence-corrected chi connectivity index (χ3v) is 2.26. The minimum absolute atomic E-state index is 0.377. The number of hydrogen-bond donors (Lipinski definition) is 3. The molecule has 4 N–H and O–H groups in total. The highest BCUT2D eigenvalue weighted by Crippen LogP contribution is 2.12. The Kier molecular flexibility index (Phi) is 5.66. The Morgan fingerprint density at radius 1 is 1.28 bits per heavy atom. The van der Waals surface area contributed by atoms with E-state index in [9.17, 15) is 9.59 Å². The van der Waals surface area contributed by atoms with Crippen LogP contribution in [0.5, 0.6) is 0 Å². The van der Waals surface area contributed by atoms with Crippen molar-refractivity contribution in [2.45, 2.75) is 6.42 Å². The quantitative estimate of drug-likeness (QED) is 0.646. The van der Waals surface area contributed by atoms with Gasteiger partial charge in [0.2, 0.25) is 0 Å². The molecule has 0 aliphatic rings. The highest BCUT2D eigenvalue weighted by molar-refractivity contribution is 5.96. The van der Waals surface area contributed by atoms with E-state index in [1.807, 2.05) is 0 Å². The summed E-state index contributed by atoms with van der Waals surface area (Å²) in [5.41, 5.74) is 5.87. The van der Waals surface area contributed by atoms with E-state index in [0.717, 1.165) is 0 Å². The van der Waals surface area contributed by atoms with Gasteiger partial charge < -0.3 is 16.2 Å². The van der Waals surface area contributed by atoms with Gasteiger partial charge in [0.1, 0.15) is 6.54 Å². The number of rotatable bonds is 6. The molecule has 98 valence electrons. The second kappa shape index (κ2) is 7.29. The van der Waals surface area contributed by atoms with Gasteiger partial charge in [-0.1, -0.05) is 18.2 Å². The van der Waals surface area contributed by atoms with Crippen LogP contribution in [-0.2, 0) is 4.79 Å². The van der Waals surface area contributed by atoms with Crippen molar-refractivity contribution in [1.29, 1.82) is 0 Å². The number of hydrogen-bond acceptors (Lipinski definition) is 3. The summed E-state index contributed by atoms with van der Waals surface area (Å²) in [4.78, 5) is 23.8. The molecular weight excluding hydrogens is 234 g/mol. The average molecular weight is 251 g/mol. The minimum atomic E-state index is -1.06. The van der Waals surface area contributed by atoms with Crippen LogP contribution in [-0.4, -0.2) is 36.7 Å². The molecule has 0 saturated heterocycles. The van der Waals surface area contributed by atoms with E-state index in [0.29, 0.717) is 25.2 Å². The SMILES string of the molecule is NCCCNC(=O)N(CC(=O)O)c1ccccc1. The number of para-hydroxylation sites is 1. The molecule has 0 saturated carbocycles. The number of carboxylic acid groups (broad SMARTS) is 1. The Morgan fingerprint density at radius 3 is 2.50 bits per heavy atom. The molecule has 6 nitrogen and oxygen atoms in total. The van der Waals surface area contributed by atoms with Crippen molar-refractivity contribution in [3.63, 3.8) is 0 Å². The van der Waals surface area contributed by atoms with E-state index < -0.39 is 12.0 Å². The van der Waals surface area contributed by atoms with Gasteiger partial charge in [-0.2, -0.15) is 0 Å². The molecule has 0 aliphatic heterocycles. The Hall–Kier alpha value is -2.08. The Bertz CT molecular complexity index is 395. The van der Waals surface area contributed by atoms with E-state index in [1.165, 1.54) is 4.90 Å². The van der Waals surface area contributed by atoms with E-state index in [4.69, 9.17) is 10.8 Å². The van der Waals surface area contributed by atoms with E-state index in [1.54, 1.807) is 30.3 Å². The van der Waals surface area contributed by atoms with Gasteiger partial charge in [-0.3, -0.25) is 9.69 Å². The lowest BCUT2D eigenvalue weighted by Crippen LogP contribution is -2.43. The summed E-state index contributed by atoms with van der Waals surface area (Å²) in [7, 11) is 0. The fourth-order valence-corrected chi connectivity index (χ4v) is 1.42. The van der Waals surface area contributed by atoms with Crippen LogP contribution in [0.25, 0.3) is 0 Å². The van der Waals surface area contributed by atoms with E-state index in [-0.39, 0.29) is 6.54 Å². The molecule has 0 bridgehead atoms. The number of carbonyl (C=O) groups is 2. The smallest absolute Gasteiger partial charge is 0.323 e. The highest BCUT2D eigenvalue weighted by atomic mass is 16.4. The third kappa shape index (κ3) is 4.42. The fourth-order valence-electron chi connectivity index (χ4n) is 1.42. The maximum atomic E-state index is 11.9. The zero-order chi connectivity index (χ0) is 13.4. The number of aliphatic carboxylic acids is 1. The molecule has 0 fully saturated rings. The van der Waals surface area contributed by atoms with Crippen LogP contribution < -0.4 is 16.0 Å². The van der Waals surface area contributed by atoms with Crippen molar-refractivity contribution in [2.75, 3.05) is 24.5 Å².